The molecule has 0 spiro atoms. The smallest absolute Gasteiger partial charge is 0.504 e. The van der Waals surface area contributed by atoms with Gasteiger partial charge in [0.1, 0.15) is 24.4 Å². The summed E-state index contributed by atoms with van der Waals surface area (Å²) >= 11 is 0. The number of benzene rings is 1. The minimum atomic E-state index is -0.966. The van der Waals surface area contributed by atoms with Crippen molar-refractivity contribution < 1.29 is 34.0 Å². The molecule has 0 unspecified atom stereocenters. The van der Waals surface area contributed by atoms with E-state index in [1.165, 1.54) is 12.1 Å². The summed E-state index contributed by atoms with van der Waals surface area (Å²) in [6.07, 6.45) is 3.93. The monoisotopic (exact) mass is 409 g/mol. The summed E-state index contributed by atoms with van der Waals surface area (Å²) in [5.41, 5.74) is 6.45. The predicted octanol–water partition coefficient (Wildman–Crippen LogP) is 3.16. The Hall–Kier alpha value is -2.48. The van der Waals surface area contributed by atoms with Crippen molar-refractivity contribution in [1.82, 2.24) is 0 Å². The largest absolute Gasteiger partial charge is 0.508 e. The van der Waals surface area contributed by atoms with E-state index in [-0.39, 0.29) is 24.0 Å². The molecule has 1 fully saturated rings. The Bertz CT molecular complexity index is 686. The van der Waals surface area contributed by atoms with E-state index in [0.29, 0.717) is 5.56 Å². The average Bonchev–Trinajstić information content (AvgIpc) is 2.93. The zero-order chi connectivity index (χ0) is 21.4. The number of aromatic hydroxyl groups is 2. The van der Waals surface area contributed by atoms with Gasteiger partial charge < -0.3 is 30.2 Å². The van der Waals surface area contributed by atoms with Gasteiger partial charge in [0, 0.05) is 0 Å². The summed E-state index contributed by atoms with van der Waals surface area (Å²) in [5, 5.41) is 18.9. The van der Waals surface area contributed by atoms with Crippen molar-refractivity contribution in [2.24, 2.45) is 5.73 Å². The molecule has 0 saturated heterocycles. The van der Waals surface area contributed by atoms with E-state index in [1.807, 2.05) is 0 Å². The number of carbonyl (C=O) groups is 2. The maximum atomic E-state index is 12.2. The maximum absolute atomic E-state index is 12.2. The van der Waals surface area contributed by atoms with Gasteiger partial charge in [0.15, 0.2) is 11.5 Å². The minimum Gasteiger partial charge on any atom is -0.504 e. The van der Waals surface area contributed by atoms with Crippen molar-refractivity contribution in [3.63, 3.8) is 0 Å². The van der Waals surface area contributed by atoms with Crippen LogP contribution in [0.5, 0.6) is 11.5 Å². The lowest BCUT2D eigenvalue weighted by Crippen LogP contribution is -2.39. The first kappa shape index (κ1) is 22.8. The Morgan fingerprint density at radius 3 is 2.28 bits per heavy atom. The van der Waals surface area contributed by atoms with Crippen molar-refractivity contribution in [2.75, 3.05) is 0 Å². The molecule has 1 saturated carbocycles. The highest BCUT2D eigenvalue weighted by Gasteiger charge is 2.26. The molecular formula is C21H31NO7. The van der Waals surface area contributed by atoms with Crippen LogP contribution < -0.4 is 5.73 Å². The summed E-state index contributed by atoms with van der Waals surface area (Å²) in [6.45, 7) is 3.23. The van der Waals surface area contributed by atoms with Crippen LogP contribution in [-0.2, 0) is 25.4 Å². The van der Waals surface area contributed by atoms with Gasteiger partial charge >= 0.3 is 12.1 Å². The predicted molar refractivity (Wildman–Crippen MR) is 106 cm³/mol. The fraction of sp³-hybridized carbons (Fsp3) is 0.619. The number of carbonyl (C=O) groups excluding carboxylic acids is 2. The molecule has 0 aliphatic heterocycles. The number of hydrogen-bond acceptors (Lipinski definition) is 8. The molecule has 0 aromatic heterocycles. The van der Waals surface area contributed by atoms with Crippen LogP contribution in [0.15, 0.2) is 18.2 Å². The molecule has 29 heavy (non-hydrogen) atoms. The van der Waals surface area contributed by atoms with Crippen molar-refractivity contribution >= 4 is 12.1 Å². The Balaban J connectivity index is 1.77. The number of hydrogen-bond donors (Lipinski definition) is 3. The van der Waals surface area contributed by atoms with Gasteiger partial charge in [0.25, 0.3) is 0 Å². The summed E-state index contributed by atoms with van der Waals surface area (Å²) in [4.78, 5) is 24.2. The van der Waals surface area contributed by atoms with Crippen LogP contribution in [0, 0.1) is 0 Å². The Morgan fingerprint density at radius 1 is 1.03 bits per heavy atom. The third kappa shape index (κ3) is 7.45. The molecule has 0 radical (unpaired) electrons. The molecule has 0 bridgehead atoms. The lowest BCUT2D eigenvalue weighted by molar-refractivity contribution is -0.155. The van der Waals surface area contributed by atoms with Crippen LogP contribution in [0.1, 0.15) is 57.9 Å². The van der Waals surface area contributed by atoms with Gasteiger partial charge in [0.2, 0.25) is 0 Å². The first-order chi connectivity index (χ1) is 13.8. The normalized spacial score (nSPS) is 18.2. The second-order valence-electron chi connectivity index (χ2n) is 7.58. The number of esters is 1. The standard InChI is InChI=1S/C21H31NO7/c1-13(14(2)28-21(26)29-16-7-5-3-4-6-8-16)27-20(25)17(22)11-15-9-10-18(23)19(24)12-15/h9-10,12-14,16-17,23-24H,3-8,11,22H2,1-2H3/t13-,14+,17+/m1/s1. The van der Waals surface area contributed by atoms with E-state index < -0.39 is 30.4 Å². The maximum Gasteiger partial charge on any atom is 0.508 e. The first-order valence-electron chi connectivity index (χ1n) is 10.1. The SMILES string of the molecule is C[C@H](OC(=O)OC1CCCCCC1)[C@@H](C)OC(=O)[C@@H](N)Cc1ccc(O)c(O)c1. The quantitative estimate of drug-likeness (QED) is 0.356. The highest BCUT2D eigenvalue weighted by atomic mass is 16.7. The molecule has 0 amide bonds. The molecule has 1 aliphatic carbocycles. The summed E-state index contributed by atoms with van der Waals surface area (Å²) in [6, 6.07) is 3.25. The van der Waals surface area contributed by atoms with Crippen LogP contribution in [0.4, 0.5) is 4.79 Å². The molecule has 1 aromatic carbocycles. The van der Waals surface area contributed by atoms with Gasteiger partial charge in [-0.25, -0.2) is 4.79 Å². The van der Waals surface area contributed by atoms with Crippen LogP contribution in [-0.4, -0.2) is 46.7 Å². The Labute approximate surface area is 170 Å². The van der Waals surface area contributed by atoms with Gasteiger partial charge in [-0.05, 0) is 63.6 Å². The molecular weight excluding hydrogens is 378 g/mol. The lowest BCUT2D eigenvalue weighted by Gasteiger charge is -2.23. The molecule has 162 valence electrons. The summed E-state index contributed by atoms with van der Waals surface area (Å²) in [5.74, 6) is -1.19. The van der Waals surface area contributed by atoms with E-state index in [0.717, 1.165) is 38.5 Å². The molecule has 4 N–H and O–H groups in total. The second kappa shape index (κ2) is 10.9. The molecule has 0 heterocycles. The van der Waals surface area contributed by atoms with Crippen LogP contribution in [0.3, 0.4) is 0 Å². The van der Waals surface area contributed by atoms with Crippen LogP contribution in [0.2, 0.25) is 0 Å². The van der Waals surface area contributed by atoms with Gasteiger partial charge in [0.05, 0.1) is 0 Å². The second-order valence-corrected chi connectivity index (χ2v) is 7.58. The van der Waals surface area contributed by atoms with Crippen LogP contribution >= 0.6 is 0 Å². The Kier molecular flexibility index (Phi) is 8.57. The van der Waals surface area contributed by atoms with Gasteiger partial charge in [-0.2, -0.15) is 0 Å². The third-order valence-electron chi connectivity index (χ3n) is 5.11. The molecule has 2 rings (SSSR count). The van der Waals surface area contributed by atoms with E-state index in [9.17, 15) is 19.8 Å². The zero-order valence-electron chi connectivity index (χ0n) is 17.0. The number of rotatable bonds is 7. The van der Waals surface area contributed by atoms with Crippen molar-refractivity contribution in [3.05, 3.63) is 23.8 Å². The topological polar surface area (TPSA) is 128 Å². The molecule has 8 heteroatoms. The van der Waals surface area contributed by atoms with Gasteiger partial charge in [-0.15, -0.1) is 0 Å². The Morgan fingerprint density at radius 2 is 1.66 bits per heavy atom. The average molecular weight is 409 g/mol. The molecule has 1 aromatic rings. The minimum absolute atomic E-state index is 0.120. The zero-order valence-corrected chi connectivity index (χ0v) is 17.0. The van der Waals surface area contributed by atoms with E-state index in [1.54, 1.807) is 19.9 Å². The summed E-state index contributed by atoms with van der Waals surface area (Å²) in [7, 11) is 0. The summed E-state index contributed by atoms with van der Waals surface area (Å²) < 4.78 is 15.9. The third-order valence-corrected chi connectivity index (χ3v) is 5.11. The van der Waals surface area contributed by atoms with Gasteiger partial charge in [-0.1, -0.05) is 18.9 Å². The number of nitrogens with two attached hydrogens (primary N) is 1. The fourth-order valence-corrected chi connectivity index (χ4v) is 3.17. The van der Waals surface area contributed by atoms with Crippen LogP contribution in [0.25, 0.3) is 0 Å². The number of ether oxygens (including phenoxy) is 3. The van der Waals surface area contributed by atoms with E-state index in [2.05, 4.69) is 0 Å². The molecule has 1 aliphatic rings. The van der Waals surface area contributed by atoms with Crippen molar-refractivity contribution in [3.8, 4) is 11.5 Å². The highest BCUT2D eigenvalue weighted by Crippen LogP contribution is 2.25. The van der Waals surface area contributed by atoms with Crippen molar-refractivity contribution in [1.29, 1.82) is 0 Å². The lowest BCUT2D eigenvalue weighted by atomic mass is 10.1. The van der Waals surface area contributed by atoms with Crippen molar-refractivity contribution in [2.45, 2.75) is 83.1 Å². The van der Waals surface area contributed by atoms with Gasteiger partial charge in [-0.3, -0.25) is 4.79 Å². The number of phenols is 2. The highest BCUT2D eigenvalue weighted by molar-refractivity contribution is 5.76. The first-order valence-corrected chi connectivity index (χ1v) is 10.1. The van der Waals surface area contributed by atoms with E-state index >= 15 is 0 Å². The number of phenolic OH excluding ortho intramolecular Hbond substituents is 2. The van der Waals surface area contributed by atoms with E-state index in [4.69, 9.17) is 19.9 Å². The molecule has 8 nitrogen and oxygen atoms in total. The molecule has 3 atom stereocenters. The fourth-order valence-electron chi connectivity index (χ4n) is 3.17.